The SMILES string of the molecule is CCCC[Si](C)(CCCOCCOC)O[SiH](C)C. The van der Waals surface area contributed by atoms with Crippen LogP contribution in [-0.4, -0.2) is 44.3 Å². The van der Waals surface area contributed by atoms with Crippen molar-refractivity contribution in [2.45, 2.75) is 57.9 Å². The lowest BCUT2D eigenvalue weighted by Crippen LogP contribution is -2.38. The molecule has 0 aromatic rings. The van der Waals surface area contributed by atoms with E-state index in [0.29, 0.717) is 13.2 Å². The summed E-state index contributed by atoms with van der Waals surface area (Å²) in [6.07, 6.45) is 3.72. The Morgan fingerprint density at radius 2 is 1.67 bits per heavy atom. The van der Waals surface area contributed by atoms with Crippen molar-refractivity contribution in [3.8, 4) is 0 Å². The van der Waals surface area contributed by atoms with Crippen LogP contribution < -0.4 is 0 Å². The largest absolute Gasteiger partial charge is 0.458 e. The van der Waals surface area contributed by atoms with Gasteiger partial charge in [0.15, 0.2) is 17.4 Å². The Kier molecular flexibility index (Phi) is 11.4. The van der Waals surface area contributed by atoms with Gasteiger partial charge in [0, 0.05) is 13.7 Å². The molecule has 0 heterocycles. The standard InChI is InChI=1S/C13H32O3Si2/c1-6-7-12-18(5,16-17(3)4)13-8-9-15-11-10-14-2/h17H,6-13H2,1-5H3. The van der Waals surface area contributed by atoms with E-state index >= 15 is 0 Å². The molecule has 0 aromatic heterocycles. The van der Waals surface area contributed by atoms with Gasteiger partial charge in [0.25, 0.3) is 0 Å². The molecule has 110 valence electrons. The Labute approximate surface area is 116 Å². The van der Waals surface area contributed by atoms with E-state index in [1.165, 1.54) is 24.9 Å². The van der Waals surface area contributed by atoms with E-state index < -0.39 is 17.4 Å². The molecule has 0 amide bonds. The summed E-state index contributed by atoms with van der Waals surface area (Å²) in [5, 5.41) is 0. The quantitative estimate of drug-likeness (QED) is 0.407. The van der Waals surface area contributed by atoms with Crippen LogP contribution in [0.5, 0.6) is 0 Å². The molecule has 0 bridgehead atoms. The monoisotopic (exact) mass is 292 g/mol. The zero-order valence-electron chi connectivity index (χ0n) is 13.0. The Bertz CT molecular complexity index is 191. The predicted octanol–water partition coefficient (Wildman–Crippen LogP) is 3.41. The molecular weight excluding hydrogens is 260 g/mol. The summed E-state index contributed by atoms with van der Waals surface area (Å²) in [5.74, 6) is 0. The van der Waals surface area contributed by atoms with Gasteiger partial charge >= 0.3 is 0 Å². The normalized spacial score (nSPS) is 15.0. The molecule has 0 rings (SSSR count). The Hall–Kier alpha value is 0.314. The first kappa shape index (κ1) is 18.3. The van der Waals surface area contributed by atoms with E-state index in [4.69, 9.17) is 13.6 Å². The summed E-state index contributed by atoms with van der Waals surface area (Å²) in [5.41, 5.74) is 0. The van der Waals surface area contributed by atoms with Gasteiger partial charge in [-0.2, -0.15) is 0 Å². The fraction of sp³-hybridized carbons (Fsp3) is 1.00. The number of methoxy groups -OCH3 is 1. The highest BCUT2D eigenvalue weighted by molar-refractivity contribution is 6.78. The average molecular weight is 293 g/mol. The lowest BCUT2D eigenvalue weighted by atomic mass is 10.4. The fourth-order valence-corrected chi connectivity index (χ4v) is 9.89. The number of ether oxygens (including phenoxy) is 2. The van der Waals surface area contributed by atoms with Crippen LogP contribution in [0.25, 0.3) is 0 Å². The van der Waals surface area contributed by atoms with Crippen LogP contribution in [0.2, 0.25) is 31.7 Å². The average Bonchev–Trinajstić information content (AvgIpc) is 2.30. The molecule has 0 aromatic carbocycles. The maximum atomic E-state index is 6.37. The molecule has 0 saturated carbocycles. The first-order valence-electron chi connectivity index (χ1n) is 7.28. The highest BCUT2D eigenvalue weighted by Gasteiger charge is 2.28. The van der Waals surface area contributed by atoms with Crippen LogP contribution in [-0.2, 0) is 13.6 Å². The van der Waals surface area contributed by atoms with Crippen molar-refractivity contribution in [3.63, 3.8) is 0 Å². The Balaban J connectivity index is 3.85. The van der Waals surface area contributed by atoms with E-state index in [2.05, 4.69) is 26.6 Å². The van der Waals surface area contributed by atoms with Crippen molar-refractivity contribution >= 4 is 17.4 Å². The molecule has 0 spiro atoms. The molecular formula is C13H32O3Si2. The summed E-state index contributed by atoms with van der Waals surface area (Å²) >= 11 is 0. The van der Waals surface area contributed by atoms with Gasteiger partial charge in [-0.3, -0.25) is 0 Å². The van der Waals surface area contributed by atoms with Crippen LogP contribution in [0.3, 0.4) is 0 Å². The summed E-state index contributed by atoms with van der Waals surface area (Å²) in [4.78, 5) is 0. The van der Waals surface area contributed by atoms with Crippen molar-refractivity contribution in [3.05, 3.63) is 0 Å². The summed E-state index contributed by atoms with van der Waals surface area (Å²) in [6.45, 7) is 11.5. The number of hydrogen-bond acceptors (Lipinski definition) is 3. The van der Waals surface area contributed by atoms with Crippen LogP contribution in [0, 0.1) is 0 Å². The molecule has 1 atom stereocenters. The first-order chi connectivity index (χ1) is 8.54. The minimum Gasteiger partial charge on any atom is -0.458 e. The van der Waals surface area contributed by atoms with Crippen LogP contribution in [0.1, 0.15) is 26.2 Å². The van der Waals surface area contributed by atoms with Crippen molar-refractivity contribution in [2.75, 3.05) is 26.9 Å². The van der Waals surface area contributed by atoms with Gasteiger partial charge in [-0.25, -0.2) is 0 Å². The fourth-order valence-electron chi connectivity index (χ4n) is 2.16. The minimum atomic E-state index is -1.45. The van der Waals surface area contributed by atoms with E-state index in [-0.39, 0.29) is 0 Å². The van der Waals surface area contributed by atoms with Gasteiger partial charge in [0.2, 0.25) is 0 Å². The molecule has 0 fully saturated rings. The van der Waals surface area contributed by atoms with E-state index in [9.17, 15) is 0 Å². The Morgan fingerprint density at radius 1 is 1.00 bits per heavy atom. The molecule has 0 saturated heterocycles. The lowest BCUT2D eigenvalue weighted by molar-refractivity contribution is 0.0707. The van der Waals surface area contributed by atoms with Crippen molar-refractivity contribution in [1.82, 2.24) is 0 Å². The molecule has 0 N–H and O–H groups in total. The maximum Gasteiger partial charge on any atom is 0.176 e. The molecule has 0 aliphatic carbocycles. The van der Waals surface area contributed by atoms with Crippen LogP contribution >= 0.6 is 0 Å². The maximum absolute atomic E-state index is 6.37. The first-order valence-corrected chi connectivity index (χ1v) is 12.9. The Morgan fingerprint density at radius 3 is 2.22 bits per heavy atom. The van der Waals surface area contributed by atoms with E-state index in [0.717, 1.165) is 13.0 Å². The predicted molar refractivity (Wildman–Crippen MR) is 83.4 cm³/mol. The van der Waals surface area contributed by atoms with Gasteiger partial charge < -0.3 is 13.6 Å². The third kappa shape index (κ3) is 10.3. The van der Waals surface area contributed by atoms with Crippen molar-refractivity contribution in [1.29, 1.82) is 0 Å². The lowest BCUT2D eigenvalue weighted by Gasteiger charge is -2.30. The second-order valence-corrected chi connectivity index (χ2v) is 12.4. The van der Waals surface area contributed by atoms with Crippen molar-refractivity contribution < 1.29 is 13.6 Å². The second-order valence-electron chi connectivity index (χ2n) is 5.43. The number of hydrogen-bond donors (Lipinski definition) is 0. The van der Waals surface area contributed by atoms with Gasteiger partial charge in [-0.1, -0.05) is 19.8 Å². The molecule has 0 aliphatic heterocycles. The number of unbranched alkanes of at least 4 members (excludes halogenated alkanes) is 1. The zero-order valence-corrected chi connectivity index (χ0v) is 15.1. The highest BCUT2D eigenvalue weighted by atomic mass is 28.4. The third-order valence-electron chi connectivity index (χ3n) is 3.01. The summed E-state index contributed by atoms with van der Waals surface area (Å²) < 4.78 is 16.9. The molecule has 5 heteroatoms. The van der Waals surface area contributed by atoms with Gasteiger partial charge in [-0.05, 0) is 38.2 Å². The van der Waals surface area contributed by atoms with E-state index in [1.54, 1.807) is 7.11 Å². The highest BCUT2D eigenvalue weighted by Crippen LogP contribution is 2.23. The molecule has 3 nitrogen and oxygen atoms in total. The molecule has 0 radical (unpaired) electrons. The smallest absolute Gasteiger partial charge is 0.176 e. The van der Waals surface area contributed by atoms with Crippen LogP contribution in [0.4, 0.5) is 0 Å². The van der Waals surface area contributed by atoms with Gasteiger partial charge in [-0.15, -0.1) is 0 Å². The topological polar surface area (TPSA) is 27.7 Å². The van der Waals surface area contributed by atoms with Gasteiger partial charge in [0.05, 0.1) is 13.2 Å². The minimum absolute atomic E-state index is 0.694. The molecule has 0 aliphatic rings. The molecule has 1 unspecified atom stereocenters. The zero-order chi connectivity index (χ0) is 13.9. The third-order valence-corrected chi connectivity index (χ3v) is 9.99. The van der Waals surface area contributed by atoms with E-state index in [1.807, 2.05) is 0 Å². The summed E-state index contributed by atoms with van der Waals surface area (Å²) in [7, 11) is -0.651. The summed E-state index contributed by atoms with van der Waals surface area (Å²) in [6, 6.07) is 2.55. The van der Waals surface area contributed by atoms with Gasteiger partial charge in [0.1, 0.15) is 0 Å². The molecule has 18 heavy (non-hydrogen) atoms. The number of rotatable bonds is 12. The van der Waals surface area contributed by atoms with Crippen LogP contribution in [0.15, 0.2) is 0 Å². The van der Waals surface area contributed by atoms with Crippen molar-refractivity contribution in [2.24, 2.45) is 0 Å². The second kappa shape index (κ2) is 11.2.